The van der Waals surface area contributed by atoms with Crippen molar-refractivity contribution in [1.82, 2.24) is 14.9 Å². The van der Waals surface area contributed by atoms with Gasteiger partial charge in [-0.05, 0) is 49.4 Å². The quantitative estimate of drug-likeness (QED) is 0.809. The summed E-state index contributed by atoms with van der Waals surface area (Å²) in [6.07, 6.45) is 6.65. The molecule has 2 fully saturated rings. The summed E-state index contributed by atoms with van der Waals surface area (Å²) in [7, 11) is 0. The summed E-state index contributed by atoms with van der Waals surface area (Å²) in [6, 6.07) is 5.41. The molecule has 24 heavy (non-hydrogen) atoms. The van der Waals surface area contributed by atoms with Crippen molar-refractivity contribution in [3.63, 3.8) is 0 Å². The predicted octanol–water partition coefficient (Wildman–Crippen LogP) is 2.31. The van der Waals surface area contributed by atoms with Crippen molar-refractivity contribution in [2.75, 3.05) is 25.0 Å². The SMILES string of the molecule is O=C(CN1CC[C@@H]2CCCC[C@@H]2C1)Nc1ccc2[nH]c(=O)[nH]c2c1. The Morgan fingerprint density at radius 1 is 1.12 bits per heavy atom. The first kappa shape index (κ1) is 15.4. The molecule has 2 aromatic rings. The Morgan fingerprint density at radius 2 is 1.92 bits per heavy atom. The summed E-state index contributed by atoms with van der Waals surface area (Å²) in [6.45, 7) is 2.53. The molecule has 3 N–H and O–H groups in total. The zero-order chi connectivity index (χ0) is 16.5. The number of nitrogens with zero attached hydrogens (tertiary/aromatic N) is 1. The molecular weight excluding hydrogens is 304 g/mol. The molecule has 128 valence electrons. The van der Waals surface area contributed by atoms with Crippen molar-refractivity contribution in [2.24, 2.45) is 11.8 Å². The fourth-order valence-corrected chi connectivity index (χ4v) is 4.33. The number of piperidine rings is 1. The van der Waals surface area contributed by atoms with E-state index in [1.54, 1.807) is 12.1 Å². The smallest absolute Gasteiger partial charge is 0.323 e. The van der Waals surface area contributed by atoms with Gasteiger partial charge in [0.1, 0.15) is 0 Å². The summed E-state index contributed by atoms with van der Waals surface area (Å²) >= 11 is 0. The van der Waals surface area contributed by atoms with Crippen LogP contribution in [-0.4, -0.2) is 40.4 Å². The van der Waals surface area contributed by atoms with Crippen molar-refractivity contribution in [3.05, 3.63) is 28.7 Å². The van der Waals surface area contributed by atoms with Crippen molar-refractivity contribution in [3.8, 4) is 0 Å². The van der Waals surface area contributed by atoms with Gasteiger partial charge < -0.3 is 15.3 Å². The lowest BCUT2D eigenvalue weighted by Gasteiger charge is -2.41. The number of anilines is 1. The van der Waals surface area contributed by atoms with E-state index in [9.17, 15) is 9.59 Å². The first-order valence-corrected chi connectivity index (χ1v) is 8.91. The second kappa shape index (κ2) is 6.43. The fraction of sp³-hybridized carbons (Fsp3) is 0.556. The number of likely N-dealkylation sites (tertiary alicyclic amines) is 1. The minimum Gasteiger partial charge on any atom is -0.325 e. The van der Waals surface area contributed by atoms with E-state index in [0.717, 1.165) is 36.1 Å². The lowest BCUT2D eigenvalue weighted by atomic mass is 9.75. The van der Waals surface area contributed by atoms with Crippen molar-refractivity contribution in [1.29, 1.82) is 0 Å². The van der Waals surface area contributed by atoms with Gasteiger partial charge in [0.05, 0.1) is 17.6 Å². The molecule has 1 amide bonds. The molecule has 2 aliphatic rings. The lowest BCUT2D eigenvalue weighted by Crippen LogP contribution is -2.44. The zero-order valence-electron chi connectivity index (χ0n) is 13.8. The van der Waals surface area contributed by atoms with E-state index in [-0.39, 0.29) is 11.6 Å². The summed E-state index contributed by atoms with van der Waals surface area (Å²) in [5.41, 5.74) is 1.94. The number of H-pyrrole nitrogens is 2. The molecule has 1 aliphatic carbocycles. The van der Waals surface area contributed by atoms with Gasteiger partial charge in [-0.25, -0.2) is 4.79 Å². The van der Waals surface area contributed by atoms with Crippen LogP contribution < -0.4 is 11.0 Å². The third kappa shape index (κ3) is 3.24. The summed E-state index contributed by atoms with van der Waals surface area (Å²) in [5.74, 6) is 1.67. The number of hydrogen-bond acceptors (Lipinski definition) is 3. The van der Waals surface area contributed by atoms with E-state index in [1.165, 1.54) is 32.1 Å². The Kier molecular flexibility index (Phi) is 4.14. The molecule has 1 saturated heterocycles. The van der Waals surface area contributed by atoms with Gasteiger partial charge in [0.2, 0.25) is 5.91 Å². The molecule has 2 heterocycles. The van der Waals surface area contributed by atoms with Crippen LogP contribution in [0, 0.1) is 11.8 Å². The normalized spacial score (nSPS) is 24.7. The third-order valence-corrected chi connectivity index (χ3v) is 5.54. The zero-order valence-corrected chi connectivity index (χ0v) is 13.8. The maximum Gasteiger partial charge on any atom is 0.323 e. The number of imidazole rings is 1. The van der Waals surface area contributed by atoms with Crippen LogP contribution in [0.25, 0.3) is 11.0 Å². The Balaban J connectivity index is 1.36. The van der Waals surface area contributed by atoms with Gasteiger partial charge >= 0.3 is 5.69 Å². The van der Waals surface area contributed by atoms with Crippen LogP contribution in [0.3, 0.4) is 0 Å². The Labute approximate surface area is 140 Å². The molecule has 1 aliphatic heterocycles. The Bertz CT molecular complexity index is 794. The predicted molar refractivity (Wildman–Crippen MR) is 94.1 cm³/mol. The van der Waals surface area contributed by atoms with E-state index in [2.05, 4.69) is 20.2 Å². The number of amides is 1. The average molecular weight is 328 g/mol. The molecular formula is C18H24N4O2. The second-order valence-electron chi connectivity index (χ2n) is 7.22. The third-order valence-electron chi connectivity index (χ3n) is 5.54. The van der Waals surface area contributed by atoms with Crippen LogP contribution in [-0.2, 0) is 4.79 Å². The van der Waals surface area contributed by atoms with E-state index < -0.39 is 0 Å². The standard InChI is InChI=1S/C18H24N4O2/c23-17(11-22-8-7-12-3-1-2-4-13(12)10-22)19-14-5-6-15-16(9-14)21-18(24)20-15/h5-6,9,12-13H,1-4,7-8,10-11H2,(H,19,23)(H2,20,21,24)/t12-,13+/m0/s1. The monoisotopic (exact) mass is 328 g/mol. The molecule has 6 nitrogen and oxygen atoms in total. The minimum atomic E-state index is -0.233. The van der Waals surface area contributed by atoms with Crippen LogP contribution in [0.1, 0.15) is 32.1 Å². The summed E-state index contributed by atoms with van der Waals surface area (Å²) in [4.78, 5) is 31.3. The van der Waals surface area contributed by atoms with Crippen LogP contribution in [0.2, 0.25) is 0 Å². The fourth-order valence-electron chi connectivity index (χ4n) is 4.33. The molecule has 2 atom stereocenters. The number of rotatable bonds is 3. The van der Waals surface area contributed by atoms with Gasteiger partial charge in [0.25, 0.3) is 0 Å². The number of nitrogens with one attached hydrogen (secondary N) is 3. The van der Waals surface area contributed by atoms with E-state index in [4.69, 9.17) is 0 Å². The van der Waals surface area contributed by atoms with Gasteiger partial charge in [-0.2, -0.15) is 0 Å². The van der Waals surface area contributed by atoms with E-state index in [0.29, 0.717) is 12.1 Å². The highest BCUT2D eigenvalue weighted by Crippen LogP contribution is 2.35. The Morgan fingerprint density at radius 3 is 2.79 bits per heavy atom. The maximum atomic E-state index is 12.3. The van der Waals surface area contributed by atoms with Gasteiger partial charge in [-0.15, -0.1) is 0 Å². The molecule has 0 spiro atoms. The van der Waals surface area contributed by atoms with Gasteiger partial charge in [-0.3, -0.25) is 9.69 Å². The van der Waals surface area contributed by atoms with Crippen LogP contribution in [0.5, 0.6) is 0 Å². The lowest BCUT2D eigenvalue weighted by molar-refractivity contribution is -0.118. The number of carbonyl (C=O) groups excluding carboxylic acids is 1. The van der Waals surface area contributed by atoms with Gasteiger partial charge in [0.15, 0.2) is 0 Å². The summed E-state index contributed by atoms with van der Waals surface area (Å²) in [5, 5.41) is 2.95. The number of fused-ring (bicyclic) bond motifs is 2. The molecule has 6 heteroatoms. The molecule has 4 rings (SSSR count). The second-order valence-corrected chi connectivity index (χ2v) is 7.22. The van der Waals surface area contributed by atoms with E-state index in [1.807, 2.05) is 6.07 Å². The molecule has 0 unspecified atom stereocenters. The number of benzene rings is 1. The molecule has 1 aromatic carbocycles. The number of hydrogen-bond donors (Lipinski definition) is 3. The van der Waals surface area contributed by atoms with Crippen LogP contribution in [0.15, 0.2) is 23.0 Å². The highest BCUT2D eigenvalue weighted by molar-refractivity contribution is 5.94. The average Bonchev–Trinajstić information content (AvgIpc) is 2.94. The molecule has 0 radical (unpaired) electrons. The number of aromatic amines is 2. The van der Waals surface area contributed by atoms with Gasteiger partial charge in [-0.1, -0.05) is 19.3 Å². The molecule has 1 saturated carbocycles. The maximum absolute atomic E-state index is 12.3. The van der Waals surface area contributed by atoms with Gasteiger partial charge in [0, 0.05) is 12.2 Å². The molecule has 1 aromatic heterocycles. The topological polar surface area (TPSA) is 81.0 Å². The van der Waals surface area contributed by atoms with Crippen molar-refractivity contribution in [2.45, 2.75) is 32.1 Å². The van der Waals surface area contributed by atoms with Crippen LogP contribution in [0.4, 0.5) is 5.69 Å². The first-order valence-electron chi connectivity index (χ1n) is 8.91. The number of aromatic nitrogens is 2. The highest BCUT2D eigenvalue weighted by atomic mass is 16.2. The van der Waals surface area contributed by atoms with Crippen molar-refractivity contribution >= 4 is 22.6 Å². The summed E-state index contributed by atoms with van der Waals surface area (Å²) < 4.78 is 0. The largest absolute Gasteiger partial charge is 0.325 e. The van der Waals surface area contributed by atoms with Crippen LogP contribution >= 0.6 is 0 Å². The minimum absolute atomic E-state index is 0.0153. The highest BCUT2D eigenvalue weighted by Gasteiger charge is 2.31. The Hall–Kier alpha value is -2.08. The van der Waals surface area contributed by atoms with E-state index >= 15 is 0 Å². The van der Waals surface area contributed by atoms with Crippen molar-refractivity contribution < 1.29 is 4.79 Å². The number of carbonyl (C=O) groups is 1. The molecule has 0 bridgehead atoms. The first-order chi connectivity index (χ1) is 11.7.